The minimum Gasteiger partial charge on any atom is -0.377 e. The first-order valence-electron chi connectivity index (χ1n) is 7.15. The van der Waals surface area contributed by atoms with Gasteiger partial charge in [0.1, 0.15) is 5.54 Å². The first-order chi connectivity index (χ1) is 8.46. The number of rotatable bonds is 5. The van der Waals surface area contributed by atoms with Gasteiger partial charge in [-0.3, -0.25) is 4.79 Å². The molecule has 0 aromatic rings. The summed E-state index contributed by atoms with van der Waals surface area (Å²) < 4.78 is 5.70. The van der Waals surface area contributed by atoms with Crippen molar-refractivity contribution >= 4 is 5.91 Å². The molecule has 1 amide bonds. The third-order valence-electron chi connectivity index (χ3n) is 4.90. The van der Waals surface area contributed by atoms with Crippen molar-refractivity contribution in [1.29, 1.82) is 0 Å². The van der Waals surface area contributed by atoms with Gasteiger partial charge >= 0.3 is 0 Å². The lowest BCUT2D eigenvalue weighted by molar-refractivity contribution is -0.175. The van der Waals surface area contributed by atoms with Gasteiger partial charge in [0.25, 0.3) is 0 Å². The number of hydrogen-bond donors (Lipinski definition) is 2. The second-order valence-electron chi connectivity index (χ2n) is 6.24. The van der Waals surface area contributed by atoms with Crippen LogP contribution in [-0.2, 0) is 9.53 Å². The van der Waals surface area contributed by atoms with Gasteiger partial charge in [0.2, 0.25) is 5.91 Å². The quantitative estimate of drug-likeness (QED) is 0.730. The summed E-state index contributed by atoms with van der Waals surface area (Å²) in [6.07, 6.45) is 4.41. The van der Waals surface area contributed by atoms with Gasteiger partial charge in [-0.2, -0.15) is 0 Å². The Morgan fingerprint density at radius 2 is 2.17 bits per heavy atom. The van der Waals surface area contributed by atoms with E-state index in [1.165, 1.54) is 0 Å². The number of carbonyl (C=O) groups excluding carboxylic acids is 1. The summed E-state index contributed by atoms with van der Waals surface area (Å²) >= 11 is 0. The molecule has 0 bridgehead atoms. The molecule has 0 aromatic carbocycles. The molecule has 0 aromatic heterocycles. The van der Waals surface area contributed by atoms with Crippen LogP contribution in [0.15, 0.2) is 0 Å². The smallest absolute Gasteiger partial charge is 0.241 e. The third kappa shape index (κ3) is 1.77. The Hall–Kier alpha value is -0.610. The van der Waals surface area contributed by atoms with Gasteiger partial charge in [-0.15, -0.1) is 0 Å². The van der Waals surface area contributed by atoms with E-state index in [4.69, 9.17) is 10.5 Å². The van der Waals surface area contributed by atoms with Gasteiger partial charge in [0.15, 0.2) is 0 Å². The second kappa shape index (κ2) is 4.82. The van der Waals surface area contributed by atoms with Crippen LogP contribution in [0.4, 0.5) is 0 Å². The maximum atomic E-state index is 12.4. The zero-order chi connectivity index (χ0) is 13.4. The molecule has 1 aliphatic carbocycles. The molecule has 3 atom stereocenters. The molecule has 0 radical (unpaired) electrons. The van der Waals surface area contributed by atoms with Crippen LogP contribution >= 0.6 is 0 Å². The predicted molar refractivity (Wildman–Crippen MR) is 71.1 cm³/mol. The molecule has 1 aliphatic heterocycles. The van der Waals surface area contributed by atoms with Crippen molar-refractivity contribution in [1.82, 2.24) is 5.32 Å². The Kier molecular flexibility index (Phi) is 3.70. The minimum atomic E-state index is -0.750. The van der Waals surface area contributed by atoms with Gasteiger partial charge in [-0.25, -0.2) is 0 Å². The lowest BCUT2D eigenvalue weighted by Gasteiger charge is -2.60. The highest BCUT2D eigenvalue weighted by Crippen LogP contribution is 2.58. The maximum absolute atomic E-state index is 12.4. The van der Waals surface area contributed by atoms with E-state index in [9.17, 15) is 4.79 Å². The van der Waals surface area contributed by atoms with Crippen molar-refractivity contribution in [2.75, 3.05) is 13.2 Å². The van der Waals surface area contributed by atoms with Crippen molar-refractivity contribution in [2.24, 2.45) is 17.1 Å². The Balaban J connectivity index is 1.96. The molecule has 2 fully saturated rings. The van der Waals surface area contributed by atoms with E-state index in [1.807, 2.05) is 13.8 Å². The summed E-state index contributed by atoms with van der Waals surface area (Å²) in [5, 5.41) is 3.01. The molecule has 4 heteroatoms. The van der Waals surface area contributed by atoms with Crippen LogP contribution in [0.5, 0.6) is 0 Å². The fourth-order valence-electron chi connectivity index (χ4n) is 3.57. The van der Waals surface area contributed by atoms with Gasteiger partial charge in [-0.05, 0) is 12.8 Å². The molecular formula is C14H26N2O2. The van der Waals surface area contributed by atoms with E-state index >= 15 is 0 Å². The summed E-state index contributed by atoms with van der Waals surface area (Å²) in [6, 6.07) is 0. The van der Waals surface area contributed by atoms with E-state index < -0.39 is 5.54 Å². The monoisotopic (exact) mass is 254 g/mol. The predicted octanol–water partition coefficient (Wildman–Crippen LogP) is 1.44. The summed E-state index contributed by atoms with van der Waals surface area (Å²) in [7, 11) is 0. The average molecular weight is 254 g/mol. The van der Waals surface area contributed by atoms with Crippen molar-refractivity contribution in [3.05, 3.63) is 0 Å². The molecule has 1 saturated carbocycles. The highest BCUT2D eigenvalue weighted by Gasteiger charge is 2.71. The number of carbonyl (C=O) groups is 1. The molecule has 4 nitrogen and oxygen atoms in total. The Bertz CT molecular complexity index is 330. The molecule has 3 N–H and O–H groups in total. The summed E-state index contributed by atoms with van der Waals surface area (Å²) in [5.41, 5.74) is 5.42. The molecule has 3 unspecified atom stereocenters. The zero-order valence-corrected chi connectivity index (χ0v) is 11.8. The van der Waals surface area contributed by atoms with Gasteiger partial charge in [0, 0.05) is 24.5 Å². The molecule has 1 heterocycles. The largest absolute Gasteiger partial charge is 0.377 e. The fraction of sp³-hybridized carbons (Fsp3) is 0.929. The lowest BCUT2D eigenvalue weighted by atomic mass is 9.48. The first-order valence-corrected chi connectivity index (χ1v) is 7.15. The number of hydrogen-bond acceptors (Lipinski definition) is 3. The Morgan fingerprint density at radius 1 is 1.44 bits per heavy atom. The standard InChI is InChI=1S/C14H26N2O2/c1-4-5-6-8-16-12(17)14(15)10-7-9-18-11(10)13(14,2)3/h10-11H,4-9,15H2,1-3H3,(H,16,17). The van der Waals surface area contributed by atoms with Crippen LogP contribution in [0.2, 0.25) is 0 Å². The summed E-state index contributed by atoms with van der Waals surface area (Å²) in [4.78, 5) is 12.4. The van der Waals surface area contributed by atoms with E-state index in [2.05, 4.69) is 12.2 Å². The zero-order valence-electron chi connectivity index (χ0n) is 11.8. The van der Waals surface area contributed by atoms with Crippen LogP contribution in [0.3, 0.4) is 0 Å². The van der Waals surface area contributed by atoms with E-state index in [0.29, 0.717) is 0 Å². The van der Waals surface area contributed by atoms with Crippen molar-refractivity contribution in [2.45, 2.75) is 58.1 Å². The minimum absolute atomic E-state index is 0.00959. The second-order valence-corrected chi connectivity index (χ2v) is 6.24. The molecule has 1 saturated heterocycles. The fourth-order valence-corrected chi connectivity index (χ4v) is 3.57. The average Bonchev–Trinajstić information content (AvgIpc) is 2.81. The molecule has 2 rings (SSSR count). The van der Waals surface area contributed by atoms with E-state index in [-0.39, 0.29) is 23.3 Å². The van der Waals surface area contributed by atoms with Crippen LogP contribution in [0, 0.1) is 11.3 Å². The molecular weight excluding hydrogens is 228 g/mol. The number of fused-ring (bicyclic) bond motifs is 1. The van der Waals surface area contributed by atoms with Gasteiger partial charge < -0.3 is 15.8 Å². The van der Waals surface area contributed by atoms with Crippen molar-refractivity contribution in [3.63, 3.8) is 0 Å². The first kappa shape index (κ1) is 13.8. The molecule has 18 heavy (non-hydrogen) atoms. The SMILES string of the molecule is CCCCCNC(=O)C1(N)C2CCOC2C1(C)C. The number of ether oxygens (including phenoxy) is 1. The van der Waals surface area contributed by atoms with Crippen molar-refractivity contribution < 1.29 is 9.53 Å². The highest BCUT2D eigenvalue weighted by molar-refractivity contribution is 5.89. The lowest BCUT2D eigenvalue weighted by Crippen LogP contribution is -2.80. The Morgan fingerprint density at radius 3 is 2.83 bits per heavy atom. The normalized spacial score (nSPS) is 36.9. The summed E-state index contributed by atoms with van der Waals surface area (Å²) in [6.45, 7) is 7.72. The number of nitrogens with two attached hydrogens (primary N) is 1. The highest BCUT2D eigenvalue weighted by atomic mass is 16.5. The number of unbranched alkanes of at least 4 members (excludes halogenated alkanes) is 2. The van der Waals surface area contributed by atoms with Crippen LogP contribution in [-0.4, -0.2) is 30.7 Å². The van der Waals surface area contributed by atoms with Gasteiger partial charge in [-0.1, -0.05) is 33.6 Å². The summed E-state index contributed by atoms with van der Waals surface area (Å²) in [5.74, 6) is 0.203. The van der Waals surface area contributed by atoms with E-state index in [0.717, 1.165) is 38.8 Å². The van der Waals surface area contributed by atoms with E-state index in [1.54, 1.807) is 0 Å². The van der Waals surface area contributed by atoms with Gasteiger partial charge in [0.05, 0.1) is 6.10 Å². The Labute approximate surface area is 110 Å². The third-order valence-corrected chi connectivity index (χ3v) is 4.90. The molecule has 104 valence electrons. The van der Waals surface area contributed by atoms with Crippen LogP contribution in [0.1, 0.15) is 46.5 Å². The maximum Gasteiger partial charge on any atom is 0.241 e. The van der Waals surface area contributed by atoms with Crippen LogP contribution in [0.25, 0.3) is 0 Å². The van der Waals surface area contributed by atoms with Crippen molar-refractivity contribution in [3.8, 4) is 0 Å². The molecule has 0 spiro atoms. The van der Waals surface area contributed by atoms with Crippen LogP contribution < -0.4 is 11.1 Å². The topological polar surface area (TPSA) is 64.4 Å². The molecule has 2 aliphatic rings. The number of amides is 1. The number of nitrogens with one attached hydrogen (secondary N) is 1.